The zero-order valence-corrected chi connectivity index (χ0v) is 11.5. The molecule has 1 aromatic rings. The number of amides is 1. The lowest BCUT2D eigenvalue weighted by Crippen LogP contribution is -2.32. The molecule has 1 heterocycles. The summed E-state index contributed by atoms with van der Waals surface area (Å²) in [5.41, 5.74) is 8.15. The van der Waals surface area contributed by atoms with Crippen LogP contribution in [-0.4, -0.2) is 49.2 Å². The highest BCUT2D eigenvalue weighted by atomic mass is 16.3. The molecule has 0 bridgehead atoms. The number of aliphatic hydroxyl groups excluding tert-OH is 1. The van der Waals surface area contributed by atoms with Crippen LogP contribution in [-0.2, 0) is 0 Å². The van der Waals surface area contributed by atoms with E-state index in [1.54, 1.807) is 26.2 Å². The van der Waals surface area contributed by atoms with Crippen molar-refractivity contribution in [2.24, 2.45) is 0 Å². The van der Waals surface area contributed by atoms with Crippen LogP contribution in [0.2, 0.25) is 0 Å². The van der Waals surface area contributed by atoms with Crippen LogP contribution >= 0.6 is 0 Å². The molecule has 1 unspecified atom stereocenters. The van der Waals surface area contributed by atoms with E-state index in [9.17, 15) is 9.90 Å². The maximum absolute atomic E-state index is 11.9. The second kappa shape index (κ2) is 5.48. The third kappa shape index (κ3) is 2.66. The van der Waals surface area contributed by atoms with Crippen molar-refractivity contribution in [2.75, 3.05) is 37.9 Å². The lowest BCUT2D eigenvalue weighted by molar-refractivity contribution is 0.0827. The Morgan fingerprint density at radius 3 is 2.84 bits per heavy atom. The molecule has 2 rings (SSSR count). The van der Waals surface area contributed by atoms with E-state index in [1.165, 1.54) is 4.90 Å². The van der Waals surface area contributed by atoms with E-state index in [-0.39, 0.29) is 18.6 Å². The number of rotatable bonds is 3. The van der Waals surface area contributed by atoms with Crippen LogP contribution in [0, 0.1) is 0 Å². The van der Waals surface area contributed by atoms with Gasteiger partial charge in [-0.1, -0.05) is 0 Å². The Labute approximate surface area is 113 Å². The fourth-order valence-corrected chi connectivity index (χ4v) is 2.55. The molecular formula is C14H21N3O2. The Bertz CT molecular complexity index is 474. The minimum Gasteiger partial charge on any atom is -0.397 e. The first-order valence-corrected chi connectivity index (χ1v) is 6.53. The molecule has 5 nitrogen and oxygen atoms in total. The van der Waals surface area contributed by atoms with Crippen molar-refractivity contribution in [2.45, 2.75) is 18.9 Å². The van der Waals surface area contributed by atoms with Crippen molar-refractivity contribution in [1.82, 2.24) is 4.90 Å². The van der Waals surface area contributed by atoms with Gasteiger partial charge < -0.3 is 20.6 Å². The zero-order chi connectivity index (χ0) is 14.0. The summed E-state index contributed by atoms with van der Waals surface area (Å²) >= 11 is 0. The third-order valence-electron chi connectivity index (χ3n) is 3.58. The number of nitrogens with zero attached hydrogens (tertiary/aromatic N) is 2. The number of benzene rings is 1. The van der Waals surface area contributed by atoms with Crippen LogP contribution in [0.25, 0.3) is 0 Å². The number of anilines is 2. The average Bonchev–Trinajstić information content (AvgIpc) is 2.85. The average molecular weight is 263 g/mol. The Morgan fingerprint density at radius 2 is 2.26 bits per heavy atom. The summed E-state index contributed by atoms with van der Waals surface area (Å²) in [6.07, 6.45) is 2.04. The largest absolute Gasteiger partial charge is 0.397 e. The summed E-state index contributed by atoms with van der Waals surface area (Å²) in [4.78, 5) is 15.5. The summed E-state index contributed by atoms with van der Waals surface area (Å²) in [5, 5.41) is 9.36. The first-order chi connectivity index (χ1) is 9.04. The normalized spacial score (nSPS) is 18.7. The Hall–Kier alpha value is -1.75. The summed E-state index contributed by atoms with van der Waals surface area (Å²) in [6.45, 7) is 1.04. The van der Waals surface area contributed by atoms with Crippen LogP contribution in [0.5, 0.6) is 0 Å². The molecule has 1 aromatic carbocycles. The number of aliphatic hydroxyl groups is 1. The number of nitrogen functional groups attached to an aromatic ring is 1. The fourth-order valence-electron chi connectivity index (χ4n) is 2.55. The predicted molar refractivity (Wildman–Crippen MR) is 76.3 cm³/mol. The van der Waals surface area contributed by atoms with Crippen LogP contribution in [0.1, 0.15) is 23.2 Å². The molecule has 1 aliphatic heterocycles. The molecule has 1 atom stereocenters. The van der Waals surface area contributed by atoms with Crippen LogP contribution < -0.4 is 10.6 Å². The molecule has 0 radical (unpaired) electrons. The summed E-state index contributed by atoms with van der Waals surface area (Å²) in [7, 11) is 3.43. The molecule has 3 N–H and O–H groups in total. The molecule has 1 saturated heterocycles. The van der Waals surface area contributed by atoms with Gasteiger partial charge >= 0.3 is 0 Å². The monoisotopic (exact) mass is 263 g/mol. The highest BCUT2D eigenvalue weighted by molar-refractivity contribution is 5.95. The van der Waals surface area contributed by atoms with Gasteiger partial charge in [0.15, 0.2) is 0 Å². The van der Waals surface area contributed by atoms with Gasteiger partial charge in [-0.3, -0.25) is 4.79 Å². The molecule has 19 heavy (non-hydrogen) atoms. The standard InChI is InChI=1S/C14H21N3O2/c1-16(2)14(19)10-5-6-13(12(15)8-10)17-7-3-4-11(17)9-18/h5-6,8,11,18H,3-4,7,9,15H2,1-2H3. The molecule has 1 amide bonds. The van der Waals surface area contributed by atoms with Crippen LogP contribution in [0.4, 0.5) is 11.4 Å². The smallest absolute Gasteiger partial charge is 0.253 e. The molecule has 5 heteroatoms. The lowest BCUT2D eigenvalue weighted by atomic mass is 10.1. The molecule has 0 aliphatic carbocycles. The van der Waals surface area contributed by atoms with Crippen molar-refractivity contribution >= 4 is 17.3 Å². The maximum atomic E-state index is 11.9. The van der Waals surface area contributed by atoms with Gasteiger partial charge in [0.1, 0.15) is 0 Å². The lowest BCUT2D eigenvalue weighted by Gasteiger charge is -2.27. The van der Waals surface area contributed by atoms with E-state index < -0.39 is 0 Å². The van der Waals surface area contributed by atoms with Gasteiger partial charge in [-0.25, -0.2) is 0 Å². The number of carbonyl (C=O) groups excluding carboxylic acids is 1. The van der Waals surface area contributed by atoms with Crippen LogP contribution in [0.3, 0.4) is 0 Å². The van der Waals surface area contributed by atoms with Crippen molar-refractivity contribution in [3.05, 3.63) is 23.8 Å². The minimum atomic E-state index is -0.0571. The first kappa shape index (κ1) is 13.7. The predicted octanol–water partition coefficient (Wildman–Crippen LogP) is 0.932. The number of nitrogens with two attached hydrogens (primary N) is 1. The maximum Gasteiger partial charge on any atom is 0.253 e. The molecule has 1 fully saturated rings. The van der Waals surface area contributed by atoms with Gasteiger partial charge in [-0.05, 0) is 31.0 Å². The fraction of sp³-hybridized carbons (Fsp3) is 0.500. The van der Waals surface area contributed by atoms with Crippen molar-refractivity contribution in [1.29, 1.82) is 0 Å². The second-order valence-corrected chi connectivity index (χ2v) is 5.15. The number of hydrogen-bond donors (Lipinski definition) is 2. The Morgan fingerprint density at radius 1 is 1.53 bits per heavy atom. The van der Waals surface area contributed by atoms with Crippen LogP contribution in [0.15, 0.2) is 18.2 Å². The van der Waals surface area contributed by atoms with Crippen molar-refractivity contribution in [3.8, 4) is 0 Å². The van der Waals surface area contributed by atoms with Gasteiger partial charge in [-0.2, -0.15) is 0 Å². The van der Waals surface area contributed by atoms with E-state index in [0.717, 1.165) is 25.1 Å². The summed E-state index contributed by atoms with van der Waals surface area (Å²) < 4.78 is 0. The van der Waals surface area contributed by atoms with Crippen molar-refractivity contribution < 1.29 is 9.90 Å². The summed E-state index contributed by atoms with van der Waals surface area (Å²) in [5.74, 6) is -0.0571. The first-order valence-electron chi connectivity index (χ1n) is 6.53. The molecule has 0 saturated carbocycles. The van der Waals surface area contributed by atoms with E-state index in [4.69, 9.17) is 5.73 Å². The van der Waals surface area contributed by atoms with Gasteiger partial charge in [-0.15, -0.1) is 0 Å². The van der Waals surface area contributed by atoms with Gasteiger partial charge in [0.05, 0.1) is 24.0 Å². The quantitative estimate of drug-likeness (QED) is 0.796. The molecule has 1 aliphatic rings. The highest BCUT2D eigenvalue weighted by Gasteiger charge is 2.25. The topological polar surface area (TPSA) is 69.8 Å². The molecule has 0 spiro atoms. The minimum absolute atomic E-state index is 0.0571. The van der Waals surface area contributed by atoms with E-state index >= 15 is 0 Å². The SMILES string of the molecule is CN(C)C(=O)c1ccc(N2CCCC2CO)c(N)c1. The van der Waals surface area contributed by atoms with Gasteiger partial charge in [0.25, 0.3) is 5.91 Å². The molecule has 0 aromatic heterocycles. The van der Waals surface area contributed by atoms with Gasteiger partial charge in [0.2, 0.25) is 0 Å². The Balaban J connectivity index is 2.27. The number of hydrogen-bond acceptors (Lipinski definition) is 4. The summed E-state index contributed by atoms with van der Waals surface area (Å²) in [6, 6.07) is 5.52. The zero-order valence-electron chi connectivity index (χ0n) is 11.5. The van der Waals surface area contributed by atoms with Crippen molar-refractivity contribution in [3.63, 3.8) is 0 Å². The number of carbonyl (C=O) groups is 1. The molecular weight excluding hydrogens is 242 g/mol. The Kier molecular flexibility index (Phi) is 3.95. The van der Waals surface area contributed by atoms with Gasteiger partial charge in [0, 0.05) is 26.2 Å². The molecule has 104 valence electrons. The third-order valence-corrected chi connectivity index (χ3v) is 3.58. The second-order valence-electron chi connectivity index (χ2n) is 5.15. The van der Waals surface area contributed by atoms with E-state index in [1.807, 2.05) is 6.07 Å². The highest BCUT2D eigenvalue weighted by Crippen LogP contribution is 2.31. The van der Waals surface area contributed by atoms with E-state index in [2.05, 4.69) is 4.90 Å². The van der Waals surface area contributed by atoms with E-state index in [0.29, 0.717) is 11.3 Å².